The van der Waals surface area contributed by atoms with Crippen molar-refractivity contribution in [2.24, 2.45) is 17.3 Å². The van der Waals surface area contributed by atoms with Gasteiger partial charge in [-0.2, -0.15) is 0 Å². The fourth-order valence-corrected chi connectivity index (χ4v) is 3.11. The number of ketones is 1. The lowest BCUT2D eigenvalue weighted by Crippen LogP contribution is -2.33. The van der Waals surface area contributed by atoms with E-state index in [9.17, 15) is 4.79 Å². The highest BCUT2D eigenvalue weighted by Crippen LogP contribution is 2.40. The van der Waals surface area contributed by atoms with Gasteiger partial charge in [-0.3, -0.25) is 4.79 Å². The summed E-state index contributed by atoms with van der Waals surface area (Å²) in [5.74, 6) is 1.40. The Kier molecular flexibility index (Phi) is 3.39. The van der Waals surface area contributed by atoms with E-state index in [-0.39, 0.29) is 0 Å². The topological polar surface area (TPSA) is 26.3 Å². The molecule has 2 fully saturated rings. The van der Waals surface area contributed by atoms with Crippen molar-refractivity contribution in [2.75, 3.05) is 6.61 Å². The first kappa shape index (κ1) is 12.1. The summed E-state index contributed by atoms with van der Waals surface area (Å²) in [5.41, 5.74) is 0.380. The molecule has 2 atom stereocenters. The van der Waals surface area contributed by atoms with Crippen LogP contribution in [0, 0.1) is 17.3 Å². The van der Waals surface area contributed by atoms with Crippen molar-refractivity contribution in [3.05, 3.63) is 0 Å². The zero-order valence-electron chi connectivity index (χ0n) is 10.8. The number of carbonyl (C=O) groups is 1. The van der Waals surface area contributed by atoms with Crippen molar-refractivity contribution >= 4 is 5.78 Å². The molecule has 0 bridgehead atoms. The van der Waals surface area contributed by atoms with Crippen LogP contribution in [-0.2, 0) is 9.53 Å². The molecule has 2 nitrogen and oxygen atoms in total. The van der Waals surface area contributed by atoms with Crippen molar-refractivity contribution in [3.8, 4) is 0 Å². The number of hydrogen-bond donors (Lipinski definition) is 0. The molecule has 2 rings (SSSR count). The third-order valence-electron chi connectivity index (χ3n) is 3.84. The van der Waals surface area contributed by atoms with E-state index in [0.29, 0.717) is 29.8 Å². The molecule has 0 heterocycles. The molecule has 0 spiro atoms. The Morgan fingerprint density at radius 2 is 2.00 bits per heavy atom. The maximum absolute atomic E-state index is 11.6. The summed E-state index contributed by atoms with van der Waals surface area (Å²) in [7, 11) is 0. The van der Waals surface area contributed by atoms with Crippen molar-refractivity contribution in [1.82, 2.24) is 0 Å². The minimum Gasteiger partial charge on any atom is -0.370 e. The largest absolute Gasteiger partial charge is 0.370 e. The van der Waals surface area contributed by atoms with Crippen LogP contribution in [0.25, 0.3) is 0 Å². The van der Waals surface area contributed by atoms with Gasteiger partial charge in [0.25, 0.3) is 0 Å². The lowest BCUT2D eigenvalue weighted by Gasteiger charge is -2.38. The molecule has 16 heavy (non-hydrogen) atoms. The minimum atomic E-state index is 0.307. The summed E-state index contributed by atoms with van der Waals surface area (Å²) in [6, 6.07) is 0. The quantitative estimate of drug-likeness (QED) is 0.733. The molecule has 2 heteroatoms. The van der Waals surface area contributed by atoms with Crippen LogP contribution < -0.4 is 0 Å². The molecule has 2 unspecified atom stereocenters. The standard InChI is InChI=1S/C14H24O2/c1-10-6-12(8-14(2,3)7-10)16-9-13(15)11-4-5-11/h10-12H,4-9H2,1-3H3. The number of rotatable bonds is 4. The van der Waals surface area contributed by atoms with Crippen LogP contribution in [0.2, 0.25) is 0 Å². The summed E-state index contributed by atoms with van der Waals surface area (Å²) >= 11 is 0. The minimum absolute atomic E-state index is 0.307. The second-order valence-electron chi connectivity index (χ2n) is 6.59. The van der Waals surface area contributed by atoms with Crippen LogP contribution in [-0.4, -0.2) is 18.5 Å². The smallest absolute Gasteiger partial charge is 0.161 e. The lowest BCUT2D eigenvalue weighted by atomic mass is 9.71. The number of hydrogen-bond acceptors (Lipinski definition) is 2. The molecule has 0 amide bonds. The summed E-state index contributed by atoms with van der Waals surface area (Å²) in [5, 5.41) is 0. The second-order valence-corrected chi connectivity index (χ2v) is 6.59. The van der Waals surface area contributed by atoms with E-state index in [1.54, 1.807) is 0 Å². The Hall–Kier alpha value is -0.370. The van der Waals surface area contributed by atoms with E-state index in [0.717, 1.165) is 31.6 Å². The second kappa shape index (κ2) is 4.48. The Balaban J connectivity index is 1.77. The average molecular weight is 224 g/mol. The molecule has 0 aromatic carbocycles. The van der Waals surface area contributed by atoms with Crippen LogP contribution in [0.1, 0.15) is 52.9 Å². The third kappa shape index (κ3) is 3.31. The maximum atomic E-state index is 11.6. The third-order valence-corrected chi connectivity index (χ3v) is 3.84. The predicted molar refractivity (Wildman–Crippen MR) is 64.3 cm³/mol. The first-order valence-corrected chi connectivity index (χ1v) is 6.60. The van der Waals surface area contributed by atoms with Crippen molar-refractivity contribution < 1.29 is 9.53 Å². The van der Waals surface area contributed by atoms with Crippen LogP contribution in [0.4, 0.5) is 0 Å². The van der Waals surface area contributed by atoms with Gasteiger partial charge in [0.15, 0.2) is 5.78 Å². The SMILES string of the molecule is CC1CC(OCC(=O)C2CC2)CC(C)(C)C1. The van der Waals surface area contributed by atoms with Gasteiger partial charge in [0.05, 0.1) is 6.10 Å². The molecule has 2 aliphatic rings. The number of carbonyl (C=O) groups excluding carboxylic acids is 1. The fourth-order valence-electron chi connectivity index (χ4n) is 3.11. The van der Waals surface area contributed by atoms with Gasteiger partial charge < -0.3 is 4.74 Å². The van der Waals surface area contributed by atoms with Gasteiger partial charge in [-0.1, -0.05) is 20.8 Å². The summed E-state index contributed by atoms with van der Waals surface area (Å²) < 4.78 is 5.80. The van der Waals surface area contributed by atoms with E-state index >= 15 is 0 Å². The van der Waals surface area contributed by atoms with Gasteiger partial charge in [0.1, 0.15) is 6.61 Å². The molecule has 2 aliphatic carbocycles. The number of ether oxygens (including phenoxy) is 1. The van der Waals surface area contributed by atoms with Crippen LogP contribution in [0.15, 0.2) is 0 Å². The van der Waals surface area contributed by atoms with Crippen LogP contribution >= 0.6 is 0 Å². The number of Topliss-reactive ketones (excluding diaryl/α,β-unsaturated/α-hetero) is 1. The van der Waals surface area contributed by atoms with Crippen molar-refractivity contribution in [2.45, 2.75) is 59.0 Å². The molecule has 92 valence electrons. The molecule has 0 saturated heterocycles. The summed E-state index contributed by atoms with van der Waals surface area (Å²) in [6.07, 6.45) is 6.00. The van der Waals surface area contributed by atoms with E-state index in [1.807, 2.05) is 0 Å². The van der Waals surface area contributed by atoms with E-state index < -0.39 is 0 Å². The highest BCUT2D eigenvalue weighted by atomic mass is 16.5. The normalized spacial score (nSPS) is 33.7. The highest BCUT2D eigenvalue weighted by molar-refractivity contribution is 5.84. The molecule has 0 aliphatic heterocycles. The zero-order valence-corrected chi connectivity index (χ0v) is 10.8. The van der Waals surface area contributed by atoms with Crippen LogP contribution in [0.3, 0.4) is 0 Å². The molecular formula is C14H24O2. The monoisotopic (exact) mass is 224 g/mol. The lowest BCUT2D eigenvalue weighted by molar-refractivity contribution is -0.129. The summed E-state index contributed by atoms with van der Waals surface area (Å²) in [4.78, 5) is 11.6. The predicted octanol–water partition coefficient (Wildman–Crippen LogP) is 3.20. The van der Waals surface area contributed by atoms with E-state index in [2.05, 4.69) is 20.8 Å². The Morgan fingerprint density at radius 1 is 1.31 bits per heavy atom. The van der Waals surface area contributed by atoms with E-state index in [4.69, 9.17) is 4.74 Å². The molecular weight excluding hydrogens is 200 g/mol. The first-order valence-electron chi connectivity index (χ1n) is 6.60. The highest BCUT2D eigenvalue weighted by Gasteiger charge is 2.34. The van der Waals surface area contributed by atoms with Gasteiger partial charge in [-0.15, -0.1) is 0 Å². The van der Waals surface area contributed by atoms with Gasteiger partial charge >= 0.3 is 0 Å². The van der Waals surface area contributed by atoms with Crippen molar-refractivity contribution in [1.29, 1.82) is 0 Å². The summed E-state index contributed by atoms with van der Waals surface area (Å²) in [6.45, 7) is 7.27. The van der Waals surface area contributed by atoms with Crippen LogP contribution in [0.5, 0.6) is 0 Å². The molecule has 2 saturated carbocycles. The molecule has 0 radical (unpaired) electrons. The van der Waals surface area contributed by atoms with Crippen molar-refractivity contribution in [3.63, 3.8) is 0 Å². The van der Waals surface area contributed by atoms with Gasteiger partial charge in [0.2, 0.25) is 0 Å². The Labute approximate surface area is 98.7 Å². The molecule has 0 aromatic rings. The van der Waals surface area contributed by atoms with Gasteiger partial charge in [-0.05, 0) is 43.4 Å². The Morgan fingerprint density at radius 3 is 2.56 bits per heavy atom. The molecule has 0 aromatic heterocycles. The molecule has 0 N–H and O–H groups in total. The maximum Gasteiger partial charge on any atom is 0.161 e. The van der Waals surface area contributed by atoms with Gasteiger partial charge in [-0.25, -0.2) is 0 Å². The van der Waals surface area contributed by atoms with Gasteiger partial charge in [0, 0.05) is 5.92 Å². The first-order chi connectivity index (χ1) is 7.46. The zero-order chi connectivity index (χ0) is 11.8. The Bertz CT molecular complexity index is 266. The van der Waals surface area contributed by atoms with E-state index in [1.165, 1.54) is 6.42 Å². The average Bonchev–Trinajstić information content (AvgIpc) is 2.93. The fraction of sp³-hybridized carbons (Fsp3) is 0.929.